The Bertz CT molecular complexity index is 355. The van der Waals surface area contributed by atoms with Gasteiger partial charge in [0.25, 0.3) is 0 Å². The zero-order valence-electron chi connectivity index (χ0n) is 8.68. The molecule has 3 nitrogen and oxygen atoms in total. The van der Waals surface area contributed by atoms with Crippen LogP contribution < -0.4 is 14.8 Å². The van der Waals surface area contributed by atoms with Crippen molar-refractivity contribution in [2.75, 3.05) is 26.8 Å². The molecule has 0 atom stereocenters. The molecule has 4 heteroatoms. The van der Waals surface area contributed by atoms with E-state index in [1.807, 2.05) is 19.2 Å². The first-order valence-electron chi connectivity index (χ1n) is 5.04. The van der Waals surface area contributed by atoms with Crippen LogP contribution in [0.1, 0.15) is 5.56 Å². The van der Waals surface area contributed by atoms with E-state index < -0.39 is 0 Å². The van der Waals surface area contributed by atoms with Crippen molar-refractivity contribution in [3.63, 3.8) is 0 Å². The van der Waals surface area contributed by atoms with Gasteiger partial charge in [0.15, 0.2) is 11.5 Å². The van der Waals surface area contributed by atoms with Gasteiger partial charge in [0.2, 0.25) is 0 Å². The highest BCUT2D eigenvalue weighted by molar-refractivity contribution is 6.33. The van der Waals surface area contributed by atoms with E-state index in [1.165, 1.54) is 0 Å². The summed E-state index contributed by atoms with van der Waals surface area (Å²) in [5.74, 6) is 1.44. The van der Waals surface area contributed by atoms with Crippen LogP contribution in [0, 0.1) is 0 Å². The third-order valence-corrected chi connectivity index (χ3v) is 2.79. The summed E-state index contributed by atoms with van der Waals surface area (Å²) in [7, 11) is 1.92. The predicted molar refractivity (Wildman–Crippen MR) is 60.1 cm³/mol. The Morgan fingerprint density at radius 1 is 1.33 bits per heavy atom. The van der Waals surface area contributed by atoms with Crippen molar-refractivity contribution in [1.29, 1.82) is 0 Å². The fourth-order valence-corrected chi connectivity index (χ4v) is 1.88. The van der Waals surface area contributed by atoms with Gasteiger partial charge in [-0.3, -0.25) is 0 Å². The van der Waals surface area contributed by atoms with E-state index in [0.29, 0.717) is 24.0 Å². The Morgan fingerprint density at radius 2 is 2.13 bits per heavy atom. The lowest BCUT2D eigenvalue weighted by Crippen LogP contribution is -2.16. The lowest BCUT2D eigenvalue weighted by atomic mass is 10.1. The standard InChI is InChI=1S/C11H14ClNO2/c1-13-5-4-8-2-3-9-11(10(8)12)15-7-6-14-9/h2-3,13H,4-7H2,1H3. The van der Waals surface area contributed by atoms with E-state index in [-0.39, 0.29) is 0 Å². The third kappa shape index (κ3) is 2.19. The Hall–Kier alpha value is -0.930. The van der Waals surface area contributed by atoms with Gasteiger partial charge in [-0.1, -0.05) is 17.7 Å². The van der Waals surface area contributed by atoms with Crippen LogP contribution in [0.5, 0.6) is 11.5 Å². The minimum absolute atomic E-state index is 0.572. The summed E-state index contributed by atoms with van der Waals surface area (Å²) in [5.41, 5.74) is 1.09. The molecule has 1 heterocycles. The molecule has 0 bridgehead atoms. The number of hydrogen-bond donors (Lipinski definition) is 1. The normalized spacial score (nSPS) is 14.0. The van der Waals surface area contributed by atoms with Gasteiger partial charge < -0.3 is 14.8 Å². The monoisotopic (exact) mass is 227 g/mol. The van der Waals surface area contributed by atoms with E-state index in [4.69, 9.17) is 21.1 Å². The Balaban J connectivity index is 2.26. The third-order valence-electron chi connectivity index (χ3n) is 2.37. The van der Waals surface area contributed by atoms with Gasteiger partial charge in [0, 0.05) is 0 Å². The van der Waals surface area contributed by atoms with Crippen molar-refractivity contribution in [2.45, 2.75) is 6.42 Å². The van der Waals surface area contributed by atoms with Crippen LogP contribution in [0.3, 0.4) is 0 Å². The summed E-state index contributed by atoms with van der Waals surface area (Å²) in [4.78, 5) is 0. The SMILES string of the molecule is CNCCc1ccc2c(c1Cl)OCCO2. The number of likely N-dealkylation sites (N-methyl/N-ethyl adjacent to an activating group) is 1. The number of ether oxygens (including phenoxy) is 2. The van der Waals surface area contributed by atoms with Crippen molar-refractivity contribution in [1.82, 2.24) is 5.32 Å². The van der Waals surface area contributed by atoms with Crippen LogP contribution in [-0.4, -0.2) is 26.8 Å². The summed E-state index contributed by atoms with van der Waals surface area (Å²) in [6, 6.07) is 3.92. The van der Waals surface area contributed by atoms with Gasteiger partial charge in [-0.15, -0.1) is 0 Å². The van der Waals surface area contributed by atoms with Crippen LogP contribution in [0.25, 0.3) is 0 Å². The van der Waals surface area contributed by atoms with Gasteiger partial charge in [0.05, 0.1) is 5.02 Å². The Kier molecular flexibility index (Phi) is 3.34. The molecule has 0 saturated heterocycles. The van der Waals surface area contributed by atoms with E-state index in [2.05, 4.69) is 5.32 Å². The number of nitrogens with one attached hydrogen (secondary N) is 1. The largest absolute Gasteiger partial charge is 0.486 e. The molecule has 0 radical (unpaired) electrons. The molecular formula is C11H14ClNO2. The smallest absolute Gasteiger partial charge is 0.180 e. The molecule has 1 aliphatic rings. The number of benzene rings is 1. The Labute approximate surface area is 94.3 Å². The fraction of sp³-hybridized carbons (Fsp3) is 0.455. The highest BCUT2D eigenvalue weighted by Gasteiger charge is 2.17. The molecule has 0 aromatic heterocycles. The van der Waals surface area contributed by atoms with Crippen LogP contribution in [0.15, 0.2) is 12.1 Å². The molecule has 0 fully saturated rings. The summed E-state index contributed by atoms with van der Waals surface area (Å²) >= 11 is 6.23. The van der Waals surface area contributed by atoms with E-state index in [0.717, 1.165) is 24.3 Å². The predicted octanol–water partition coefficient (Wildman–Crippen LogP) is 1.87. The molecule has 1 aliphatic heterocycles. The first-order chi connectivity index (χ1) is 7.33. The first-order valence-corrected chi connectivity index (χ1v) is 5.42. The molecule has 1 aromatic carbocycles. The lowest BCUT2D eigenvalue weighted by molar-refractivity contribution is 0.171. The minimum atomic E-state index is 0.572. The van der Waals surface area contributed by atoms with Gasteiger partial charge >= 0.3 is 0 Å². The summed E-state index contributed by atoms with van der Waals surface area (Å²) in [6.45, 7) is 2.07. The maximum atomic E-state index is 6.23. The second kappa shape index (κ2) is 4.73. The molecular weight excluding hydrogens is 214 g/mol. The molecule has 0 unspecified atom stereocenters. The molecule has 2 rings (SSSR count). The summed E-state index contributed by atoms with van der Waals surface area (Å²) in [6.07, 6.45) is 0.895. The number of rotatable bonds is 3. The summed E-state index contributed by atoms with van der Waals surface area (Å²) < 4.78 is 10.9. The average molecular weight is 228 g/mol. The Morgan fingerprint density at radius 3 is 2.93 bits per heavy atom. The topological polar surface area (TPSA) is 30.5 Å². The van der Waals surface area contributed by atoms with E-state index >= 15 is 0 Å². The van der Waals surface area contributed by atoms with Gasteiger partial charge in [-0.05, 0) is 31.6 Å². The number of halogens is 1. The highest BCUT2D eigenvalue weighted by atomic mass is 35.5. The van der Waals surface area contributed by atoms with Crippen LogP contribution in [0.4, 0.5) is 0 Å². The fourth-order valence-electron chi connectivity index (χ4n) is 1.58. The molecule has 15 heavy (non-hydrogen) atoms. The number of hydrogen-bond acceptors (Lipinski definition) is 3. The van der Waals surface area contributed by atoms with Crippen molar-refractivity contribution >= 4 is 11.6 Å². The second-order valence-electron chi connectivity index (χ2n) is 3.42. The van der Waals surface area contributed by atoms with Gasteiger partial charge in [0.1, 0.15) is 13.2 Å². The molecule has 0 saturated carbocycles. The highest BCUT2D eigenvalue weighted by Crippen LogP contribution is 2.39. The first kappa shape index (κ1) is 10.6. The van der Waals surface area contributed by atoms with Crippen molar-refractivity contribution in [3.05, 3.63) is 22.7 Å². The molecule has 0 amide bonds. The summed E-state index contributed by atoms with van der Waals surface area (Å²) in [5, 5.41) is 3.78. The maximum Gasteiger partial charge on any atom is 0.180 e. The average Bonchev–Trinajstić information content (AvgIpc) is 2.29. The molecule has 1 N–H and O–H groups in total. The van der Waals surface area contributed by atoms with Crippen LogP contribution >= 0.6 is 11.6 Å². The molecule has 0 spiro atoms. The molecule has 82 valence electrons. The minimum Gasteiger partial charge on any atom is -0.486 e. The quantitative estimate of drug-likeness (QED) is 0.855. The van der Waals surface area contributed by atoms with Crippen molar-refractivity contribution in [2.24, 2.45) is 0 Å². The zero-order chi connectivity index (χ0) is 10.7. The van der Waals surface area contributed by atoms with Crippen molar-refractivity contribution < 1.29 is 9.47 Å². The van der Waals surface area contributed by atoms with Crippen LogP contribution in [0.2, 0.25) is 5.02 Å². The van der Waals surface area contributed by atoms with Crippen LogP contribution in [-0.2, 0) is 6.42 Å². The zero-order valence-corrected chi connectivity index (χ0v) is 9.43. The van der Waals surface area contributed by atoms with Crippen molar-refractivity contribution in [3.8, 4) is 11.5 Å². The lowest BCUT2D eigenvalue weighted by Gasteiger charge is -2.20. The maximum absolute atomic E-state index is 6.23. The van der Waals surface area contributed by atoms with E-state index in [1.54, 1.807) is 0 Å². The van der Waals surface area contributed by atoms with E-state index in [9.17, 15) is 0 Å². The second-order valence-corrected chi connectivity index (χ2v) is 3.79. The molecule has 0 aliphatic carbocycles. The van der Waals surface area contributed by atoms with Gasteiger partial charge in [-0.25, -0.2) is 0 Å². The van der Waals surface area contributed by atoms with Gasteiger partial charge in [-0.2, -0.15) is 0 Å². The number of fused-ring (bicyclic) bond motifs is 1. The molecule has 1 aromatic rings.